The predicted molar refractivity (Wildman–Crippen MR) is 105 cm³/mol. The van der Waals surface area contributed by atoms with Crippen molar-refractivity contribution in [3.63, 3.8) is 0 Å². The number of hydrogen-bond acceptors (Lipinski definition) is 5. The van der Waals surface area contributed by atoms with E-state index in [1.54, 1.807) is 32.0 Å². The number of halogens is 1. The zero-order chi connectivity index (χ0) is 19.9. The van der Waals surface area contributed by atoms with Crippen LogP contribution in [0.4, 0.5) is 5.69 Å². The summed E-state index contributed by atoms with van der Waals surface area (Å²) in [6.45, 7) is 5.01. The highest BCUT2D eigenvalue weighted by atomic mass is 35.5. The Hall–Kier alpha value is -2.71. The van der Waals surface area contributed by atoms with E-state index in [1.807, 2.05) is 6.92 Å². The summed E-state index contributed by atoms with van der Waals surface area (Å²) in [5.74, 6) is -1.31. The average Bonchev–Trinajstić information content (AvgIpc) is 3.02. The molecule has 1 unspecified atom stereocenters. The first-order valence-corrected chi connectivity index (χ1v) is 9.27. The Kier molecular flexibility index (Phi) is 5.03. The number of carbonyl (C=O) groups excluding carboxylic acids is 1. The van der Waals surface area contributed by atoms with E-state index in [1.165, 1.54) is 9.95 Å². The molecule has 2 N–H and O–H groups in total. The summed E-state index contributed by atoms with van der Waals surface area (Å²) in [5, 5.41) is 13.9. The molecule has 0 radical (unpaired) electrons. The largest absolute Gasteiger partial charge is 0.478 e. The highest BCUT2D eigenvalue weighted by molar-refractivity contribution is 7.17. The normalized spacial score (nSPS) is 12.1. The van der Waals surface area contributed by atoms with Crippen molar-refractivity contribution in [2.24, 2.45) is 0 Å². The van der Waals surface area contributed by atoms with E-state index >= 15 is 0 Å². The number of aromatic carboxylic acids is 1. The number of aromatic nitrogens is 2. The van der Waals surface area contributed by atoms with E-state index < -0.39 is 23.5 Å². The number of fused-ring (bicyclic) bond motifs is 1. The fourth-order valence-electron chi connectivity index (χ4n) is 2.75. The van der Waals surface area contributed by atoms with Gasteiger partial charge >= 0.3 is 5.97 Å². The lowest BCUT2D eigenvalue weighted by Crippen LogP contribution is -2.34. The van der Waals surface area contributed by atoms with Gasteiger partial charge in [0.05, 0.1) is 10.9 Å². The molecule has 0 spiro atoms. The molecule has 0 bridgehead atoms. The van der Waals surface area contributed by atoms with Crippen LogP contribution < -0.4 is 10.9 Å². The van der Waals surface area contributed by atoms with Crippen molar-refractivity contribution >= 4 is 50.7 Å². The number of carbonyl (C=O) groups is 2. The zero-order valence-electron chi connectivity index (χ0n) is 14.7. The van der Waals surface area contributed by atoms with Crippen molar-refractivity contribution in [1.29, 1.82) is 0 Å². The summed E-state index contributed by atoms with van der Waals surface area (Å²) >= 11 is 7.16. The van der Waals surface area contributed by atoms with E-state index in [9.17, 15) is 19.5 Å². The lowest BCUT2D eigenvalue weighted by molar-refractivity contribution is -0.118. The Bertz CT molecular complexity index is 1140. The van der Waals surface area contributed by atoms with Gasteiger partial charge in [0.2, 0.25) is 5.91 Å². The fraction of sp³-hybridized carbons (Fsp3) is 0.222. The number of carboxylic acids is 1. The van der Waals surface area contributed by atoms with Crippen LogP contribution in [0.25, 0.3) is 10.2 Å². The minimum absolute atomic E-state index is 0.0103. The van der Waals surface area contributed by atoms with Gasteiger partial charge in [-0.1, -0.05) is 17.7 Å². The lowest BCUT2D eigenvalue weighted by Gasteiger charge is -2.17. The van der Waals surface area contributed by atoms with Crippen molar-refractivity contribution in [3.05, 3.63) is 55.9 Å². The Morgan fingerprint density at radius 1 is 1.33 bits per heavy atom. The van der Waals surface area contributed by atoms with Gasteiger partial charge in [-0.25, -0.2) is 9.78 Å². The van der Waals surface area contributed by atoms with Crippen LogP contribution in [0, 0.1) is 13.8 Å². The average molecular weight is 406 g/mol. The molecule has 0 fully saturated rings. The van der Waals surface area contributed by atoms with Crippen molar-refractivity contribution in [3.8, 4) is 0 Å². The second-order valence-corrected chi connectivity index (χ2v) is 7.36. The van der Waals surface area contributed by atoms with Crippen molar-refractivity contribution in [2.75, 3.05) is 5.32 Å². The van der Waals surface area contributed by atoms with Crippen LogP contribution in [0.15, 0.2) is 28.4 Å². The van der Waals surface area contributed by atoms with Gasteiger partial charge in [0.15, 0.2) is 0 Å². The highest BCUT2D eigenvalue weighted by Crippen LogP contribution is 2.24. The fourth-order valence-corrected chi connectivity index (χ4v) is 3.88. The maximum Gasteiger partial charge on any atom is 0.337 e. The Labute approximate surface area is 163 Å². The molecular formula is C18H16ClN3O4S. The highest BCUT2D eigenvalue weighted by Gasteiger charge is 2.24. The van der Waals surface area contributed by atoms with Crippen LogP contribution >= 0.6 is 22.9 Å². The third-order valence-corrected chi connectivity index (χ3v) is 5.53. The molecule has 0 aliphatic heterocycles. The minimum Gasteiger partial charge on any atom is -0.478 e. The number of hydrogen-bond donors (Lipinski definition) is 2. The van der Waals surface area contributed by atoms with Crippen LogP contribution in [0.5, 0.6) is 0 Å². The lowest BCUT2D eigenvalue weighted by atomic mass is 10.2. The molecular weight excluding hydrogens is 390 g/mol. The third-order valence-electron chi connectivity index (χ3n) is 4.25. The van der Waals surface area contributed by atoms with Crippen molar-refractivity contribution in [1.82, 2.24) is 9.55 Å². The number of nitrogens with zero attached hydrogens (tertiary/aromatic N) is 2. The molecule has 27 heavy (non-hydrogen) atoms. The number of aryl methyl sites for hydroxylation is 2. The second-order valence-electron chi connectivity index (χ2n) is 6.10. The maximum atomic E-state index is 12.9. The van der Waals surface area contributed by atoms with Crippen LogP contribution in [-0.4, -0.2) is 26.5 Å². The molecule has 7 nitrogen and oxygen atoms in total. The number of carboxylic acid groups (broad SMARTS) is 1. The topological polar surface area (TPSA) is 101 Å². The van der Waals surface area contributed by atoms with E-state index in [2.05, 4.69) is 10.3 Å². The molecule has 3 rings (SSSR count). The monoisotopic (exact) mass is 405 g/mol. The molecule has 1 atom stereocenters. The number of amides is 1. The van der Waals surface area contributed by atoms with Gasteiger partial charge in [-0.3, -0.25) is 14.2 Å². The van der Waals surface area contributed by atoms with Crippen molar-refractivity contribution < 1.29 is 14.7 Å². The molecule has 140 valence electrons. The maximum absolute atomic E-state index is 12.9. The first-order valence-electron chi connectivity index (χ1n) is 8.01. The van der Waals surface area contributed by atoms with Gasteiger partial charge in [0.25, 0.3) is 5.56 Å². The quantitative estimate of drug-likeness (QED) is 0.690. The molecule has 0 saturated carbocycles. The van der Waals surface area contributed by atoms with Gasteiger partial charge in [0.1, 0.15) is 16.7 Å². The summed E-state index contributed by atoms with van der Waals surface area (Å²) in [7, 11) is 0. The summed E-state index contributed by atoms with van der Waals surface area (Å²) in [6.07, 6.45) is 0. The molecule has 1 aromatic carbocycles. The SMILES string of the molecule is Cc1ccc(NC(=O)C(C)n2c(C)nc3scc(C(=O)O)c3c2=O)cc1Cl. The molecule has 9 heteroatoms. The molecule has 0 aliphatic carbocycles. The summed E-state index contributed by atoms with van der Waals surface area (Å²) in [4.78, 5) is 41.5. The van der Waals surface area contributed by atoms with Gasteiger partial charge in [-0.05, 0) is 38.5 Å². The molecule has 0 saturated heterocycles. The first-order chi connectivity index (χ1) is 12.7. The Morgan fingerprint density at radius 3 is 2.67 bits per heavy atom. The van der Waals surface area contributed by atoms with Crippen molar-refractivity contribution in [2.45, 2.75) is 26.8 Å². The van der Waals surface area contributed by atoms with E-state index in [0.29, 0.717) is 21.4 Å². The van der Waals surface area contributed by atoms with E-state index in [4.69, 9.17) is 11.6 Å². The standard InChI is InChI=1S/C18H16ClN3O4S/c1-8-4-5-11(6-13(8)19)21-15(23)9(2)22-10(3)20-16-14(17(22)24)12(7-27-16)18(25)26/h4-7,9H,1-3H3,(H,21,23)(H,25,26). The number of rotatable bonds is 4. The summed E-state index contributed by atoms with van der Waals surface area (Å²) in [6, 6.07) is 4.22. The van der Waals surface area contributed by atoms with Gasteiger partial charge in [0, 0.05) is 16.1 Å². The molecule has 1 amide bonds. The second kappa shape index (κ2) is 7.13. The number of anilines is 1. The molecule has 0 aliphatic rings. The van der Waals surface area contributed by atoms with E-state index in [-0.39, 0.29) is 10.9 Å². The number of thiophene rings is 1. The van der Waals surface area contributed by atoms with Crippen LogP contribution in [0.3, 0.4) is 0 Å². The Balaban J connectivity index is 2.01. The third kappa shape index (κ3) is 3.45. The van der Waals surface area contributed by atoms with Crippen LogP contribution in [-0.2, 0) is 4.79 Å². The molecule has 3 aromatic rings. The van der Waals surface area contributed by atoms with Crippen LogP contribution in [0.1, 0.15) is 34.7 Å². The van der Waals surface area contributed by atoms with E-state index in [0.717, 1.165) is 16.9 Å². The zero-order valence-corrected chi connectivity index (χ0v) is 16.3. The van der Waals surface area contributed by atoms with Crippen LogP contribution in [0.2, 0.25) is 5.02 Å². The van der Waals surface area contributed by atoms with Gasteiger partial charge in [-0.15, -0.1) is 11.3 Å². The Morgan fingerprint density at radius 2 is 2.04 bits per heavy atom. The summed E-state index contributed by atoms with van der Waals surface area (Å²) < 4.78 is 1.20. The predicted octanol–water partition coefficient (Wildman–Crippen LogP) is 3.63. The molecule has 2 aromatic heterocycles. The molecule has 2 heterocycles. The first kappa shape index (κ1) is 19.1. The van der Waals surface area contributed by atoms with Gasteiger partial charge in [-0.2, -0.15) is 0 Å². The minimum atomic E-state index is -1.21. The number of nitrogens with one attached hydrogen (secondary N) is 1. The smallest absolute Gasteiger partial charge is 0.337 e. The number of benzene rings is 1. The van der Waals surface area contributed by atoms with Gasteiger partial charge < -0.3 is 10.4 Å². The summed E-state index contributed by atoms with van der Waals surface area (Å²) in [5.41, 5.74) is 0.715.